The van der Waals surface area contributed by atoms with Gasteiger partial charge in [0, 0.05) is 29.9 Å². The van der Waals surface area contributed by atoms with Crippen molar-refractivity contribution >= 4 is 10.9 Å². The van der Waals surface area contributed by atoms with Crippen molar-refractivity contribution in [2.24, 2.45) is 0 Å². The Morgan fingerprint density at radius 3 is 2.64 bits per heavy atom. The average Bonchev–Trinajstić information content (AvgIpc) is 3.26. The van der Waals surface area contributed by atoms with E-state index in [9.17, 15) is 0 Å². The highest BCUT2D eigenvalue weighted by molar-refractivity contribution is 5.80. The maximum absolute atomic E-state index is 5.51. The Labute approximate surface area is 128 Å². The number of fused-ring (bicyclic) bond motifs is 1. The first-order chi connectivity index (χ1) is 10.8. The number of aromatic nitrogens is 3. The molecule has 3 aromatic heterocycles. The summed E-state index contributed by atoms with van der Waals surface area (Å²) in [6, 6.07) is 16.5. The molecule has 0 spiro atoms. The van der Waals surface area contributed by atoms with E-state index >= 15 is 0 Å². The summed E-state index contributed by atoms with van der Waals surface area (Å²) in [4.78, 5) is 10.1. The number of aromatic amines is 3. The number of H-pyrrole nitrogens is 3. The molecule has 4 heteroatoms. The van der Waals surface area contributed by atoms with E-state index in [4.69, 9.17) is 4.74 Å². The second-order valence-corrected chi connectivity index (χ2v) is 5.37. The zero-order valence-electron chi connectivity index (χ0n) is 12.3. The van der Waals surface area contributed by atoms with Crippen molar-refractivity contribution in [1.29, 1.82) is 0 Å². The lowest BCUT2D eigenvalue weighted by Crippen LogP contribution is -1.92. The fourth-order valence-electron chi connectivity index (χ4n) is 2.85. The average molecular weight is 291 g/mol. The number of nitrogens with one attached hydrogen (secondary N) is 3. The van der Waals surface area contributed by atoms with Gasteiger partial charge in [-0.1, -0.05) is 18.2 Å². The molecule has 0 bridgehead atoms. The molecule has 1 aromatic carbocycles. The van der Waals surface area contributed by atoms with Crippen LogP contribution in [0.1, 0.15) is 11.4 Å². The molecular formula is C18H17N3O. The zero-order chi connectivity index (χ0) is 14.9. The first kappa shape index (κ1) is 12.8. The Morgan fingerprint density at radius 2 is 1.86 bits per heavy atom. The summed E-state index contributed by atoms with van der Waals surface area (Å²) in [5.74, 6) is 0.878. The van der Waals surface area contributed by atoms with Crippen molar-refractivity contribution in [2.45, 2.75) is 6.42 Å². The fourth-order valence-corrected chi connectivity index (χ4v) is 2.85. The molecule has 0 unspecified atom stereocenters. The Kier molecular flexibility index (Phi) is 3.00. The predicted molar refractivity (Wildman–Crippen MR) is 88.2 cm³/mol. The van der Waals surface area contributed by atoms with E-state index in [2.05, 4.69) is 39.2 Å². The quantitative estimate of drug-likeness (QED) is 0.521. The molecule has 4 aromatic rings. The van der Waals surface area contributed by atoms with Gasteiger partial charge in [-0.3, -0.25) is 0 Å². The molecule has 0 aliphatic carbocycles. The number of rotatable bonds is 4. The van der Waals surface area contributed by atoms with Crippen molar-refractivity contribution in [2.75, 3.05) is 7.11 Å². The van der Waals surface area contributed by atoms with Crippen LogP contribution in [0.25, 0.3) is 22.3 Å². The molecule has 0 radical (unpaired) electrons. The summed E-state index contributed by atoms with van der Waals surface area (Å²) in [5.41, 5.74) is 5.49. The zero-order valence-corrected chi connectivity index (χ0v) is 12.3. The van der Waals surface area contributed by atoms with Gasteiger partial charge in [-0.15, -0.1) is 0 Å². The standard InChI is InChI=1S/C18H17N3O/c1-22-18-11-16(15-7-4-8-19-15)21-17(18)10-13-9-12-5-2-3-6-14(12)20-13/h2-9,11,19-21H,10H2,1H3. The van der Waals surface area contributed by atoms with Gasteiger partial charge < -0.3 is 19.7 Å². The lowest BCUT2D eigenvalue weighted by Gasteiger charge is -2.00. The van der Waals surface area contributed by atoms with Gasteiger partial charge >= 0.3 is 0 Å². The second kappa shape index (κ2) is 5.15. The molecule has 0 amide bonds. The van der Waals surface area contributed by atoms with Crippen molar-refractivity contribution in [1.82, 2.24) is 15.0 Å². The summed E-state index contributed by atoms with van der Waals surface area (Å²) in [6.45, 7) is 0. The number of hydrogen-bond acceptors (Lipinski definition) is 1. The molecule has 0 saturated carbocycles. The highest BCUT2D eigenvalue weighted by Gasteiger charge is 2.12. The van der Waals surface area contributed by atoms with Gasteiger partial charge in [0.1, 0.15) is 5.75 Å². The van der Waals surface area contributed by atoms with Crippen LogP contribution in [0.3, 0.4) is 0 Å². The molecule has 0 aliphatic rings. The highest BCUT2D eigenvalue weighted by atomic mass is 16.5. The smallest absolute Gasteiger partial charge is 0.140 e. The third-order valence-electron chi connectivity index (χ3n) is 3.92. The number of para-hydroxylation sites is 1. The Morgan fingerprint density at radius 1 is 0.955 bits per heavy atom. The van der Waals surface area contributed by atoms with Gasteiger partial charge in [-0.2, -0.15) is 0 Å². The van der Waals surface area contributed by atoms with E-state index in [0.717, 1.165) is 34.8 Å². The molecular weight excluding hydrogens is 274 g/mol. The van der Waals surface area contributed by atoms with Crippen molar-refractivity contribution < 1.29 is 4.74 Å². The van der Waals surface area contributed by atoms with Crippen LogP contribution in [0.15, 0.2) is 54.7 Å². The van der Waals surface area contributed by atoms with Gasteiger partial charge in [0.25, 0.3) is 0 Å². The van der Waals surface area contributed by atoms with Crippen LogP contribution in [-0.2, 0) is 6.42 Å². The van der Waals surface area contributed by atoms with E-state index in [-0.39, 0.29) is 0 Å². The summed E-state index contributed by atoms with van der Waals surface area (Å²) in [6.07, 6.45) is 2.69. The molecule has 110 valence electrons. The summed E-state index contributed by atoms with van der Waals surface area (Å²) in [7, 11) is 1.70. The van der Waals surface area contributed by atoms with Crippen LogP contribution < -0.4 is 4.74 Å². The molecule has 22 heavy (non-hydrogen) atoms. The lowest BCUT2D eigenvalue weighted by molar-refractivity contribution is 0.411. The third-order valence-corrected chi connectivity index (χ3v) is 3.92. The maximum Gasteiger partial charge on any atom is 0.140 e. The predicted octanol–water partition coefficient (Wildman–Crippen LogP) is 4.09. The van der Waals surface area contributed by atoms with Gasteiger partial charge in [0.05, 0.1) is 24.2 Å². The van der Waals surface area contributed by atoms with Crippen molar-refractivity contribution in [3.05, 3.63) is 66.1 Å². The van der Waals surface area contributed by atoms with Crippen LogP contribution in [0.4, 0.5) is 0 Å². The Balaban J connectivity index is 1.69. The number of methoxy groups -OCH3 is 1. The van der Waals surface area contributed by atoms with Crippen LogP contribution in [0.2, 0.25) is 0 Å². The van der Waals surface area contributed by atoms with Crippen LogP contribution in [0, 0.1) is 0 Å². The third kappa shape index (κ3) is 2.19. The topological polar surface area (TPSA) is 56.6 Å². The monoisotopic (exact) mass is 291 g/mol. The molecule has 3 N–H and O–H groups in total. The summed E-state index contributed by atoms with van der Waals surface area (Å²) in [5, 5.41) is 1.23. The second-order valence-electron chi connectivity index (χ2n) is 5.37. The lowest BCUT2D eigenvalue weighted by atomic mass is 10.2. The van der Waals surface area contributed by atoms with Gasteiger partial charge in [-0.25, -0.2) is 0 Å². The molecule has 0 aliphatic heterocycles. The highest BCUT2D eigenvalue weighted by Crippen LogP contribution is 2.28. The van der Waals surface area contributed by atoms with Gasteiger partial charge in [-0.05, 0) is 29.7 Å². The van der Waals surface area contributed by atoms with Gasteiger partial charge in [0.15, 0.2) is 0 Å². The minimum absolute atomic E-state index is 0.776. The molecule has 3 heterocycles. The summed E-state index contributed by atoms with van der Waals surface area (Å²) < 4.78 is 5.51. The van der Waals surface area contributed by atoms with Crippen molar-refractivity contribution in [3.8, 4) is 17.1 Å². The molecule has 4 rings (SSSR count). The first-order valence-electron chi connectivity index (χ1n) is 7.30. The Bertz CT molecular complexity index is 867. The summed E-state index contributed by atoms with van der Waals surface area (Å²) >= 11 is 0. The fraction of sp³-hybridized carbons (Fsp3) is 0.111. The van der Waals surface area contributed by atoms with E-state index in [1.54, 1.807) is 7.11 Å². The van der Waals surface area contributed by atoms with E-state index in [1.165, 1.54) is 11.1 Å². The minimum Gasteiger partial charge on any atom is -0.495 e. The number of benzene rings is 1. The molecule has 4 nitrogen and oxygen atoms in total. The van der Waals surface area contributed by atoms with Crippen LogP contribution in [-0.4, -0.2) is 22.1 Å². The SMILES string of the molecule is COc1cc(-c2ccc[nH]2)[nH]c1Cc1cc2ccccc2[nH]1. The van der Waals surface area contributed by atoms with Gasteiger partial charge in [0.2, 0.25) is 0 Å². The largest absolute Gasteiger partial charge is 0.495 e. The van der Waals surface area contributed by atoms with E-state index < -0.39 is 0 Å². The maximum atomic E-state index is 5.51. The normalized spacial score (nSPS) is 11.1. The Hall–Kier alpha value is -2.88. The van der Waals surface area contributed by atoms with Crippen molar-refractivity contribution in [3.63, 3.8) is 0 Å². The van der Waals surface area contributed by atoms with Crippen LogP contribution >= 0.6 is 0 Å². The van der Waals surface area contributed by atoms with Crippen LogP contribution in [0.5, 0.6) is 5.75 Å². The first-order valence-corrected chi connectivity index (χ1v) is 7.30. The molecule has 0 atom stereocenters. The van der Waals surface area contributed by atoms with E-state index in [0.29, 0.717) is 0 Å². The number of ether oxygens (including phenoxy) is 1. The molecule has 0 saturated heterocycles. The minimum atomic E-state index is 0.776. The van der Waals surface area contributed by atoms with E-state index in [1.807, 2.05) is 30.5 Å². The number of hydrogen-bond donors (Lipinski definition) is 3. The molecule has 0 fully saturated rings.